The summed E-state index contributed by atoms with van der Waals surface area (Å²) in [5, 5.41) is 3.23. The standard InChI is InChI=1S/C14H23NO2S/c1-13(2,3)11-8-7-10(18-11)9-15-14(4,5)12(16)17-6/h7-8,15H,9H2,1-6H3. The number of carbonyl (C=O) groups excluding carboxylic acids is 1. The van der Waals surface area contributed by atoms with Gasteiger partial charge in [0.1, 0.15) is 5.54 Å². The zero-order valence-corrected chi connectivity index (χ0v) is 12.9. The molecular weight excluding hydrogens is 246 g/mol. The van der Waals surface area contributed by atoms with Gasteiger partial charge < -0.3 is 4.74 Å². The Morgan fingerprint density at radius 3 is 2.33 bits per heavy atom. The third-order valence-corrected chi connectivity index (χ3v) is 4.31. The summed E-state index contributed by atoms with van der Waals surface area (Å²) in [4.78, 5) is 14.1. The van der Waals surface area contributed by atoms with E-state index in [4.69, 9.17) is 4.74 Å². The Bertz CT molecular complexity index is 416. The first-order valence-electron chi connectivity index (χ1n) is 6.09. The van der Waals surface area contributed by atoms with Gasteiger partial charge in [0.15, 0.2) is 0 Å². The zero-order chi connectivity index (χ0) is 14.0. The van der Waals surface area contributed by atoms with Gasteiger partial charge in [-0.1, -0.05) is 20.8 Å². The fourth-order valence-corrected chi connectivity index (χ4v) is 2.52. The molecule has 1 heterocycles. The van der Waals surface area contributed by atoms with Crippen LogP contribution in [0.25, 0.3) is 0 Å². The topological polar surface area (TPSA) is 38.3 Å². The second kappa shape index (κ2) is 5.41. The van der Waals surface area contributed by atoms with Gasteiger partial charge in [0.25, 0.3) is 0 Å². The number of hydrogen-bond donors (Lipinski definition) is 1. The lowest BCUT2D eigenvalue weighted by Gasteiger charge is -2.22. The van der Waals surface area contributed by atoms with Crippen molar-refractivity contribution in [1.29, 1.82) is 0 Å². The molecule has 18 heavy (non-hydrogen) atoms. The minimum Gasteiger partial charge on any atom is -0.468 e. The Balaban J connectivity index is 2.65. The zero-order valence-electron chi connectivity index (χ0n) is 12.1. The van der Waals surface area contributed by atoms with E-state index in [9.17, 15) is 4.79 Å². The first-order valence-corrected chi connectivity index (χ1v) is 6.91. The predicted molar refractivity (Wildman–Crippen MR) is 76.0 cm³/mol. The molecule has 0 aromatic carbocycles. The summed E-state index contributed by atoms with van der Waals surface area (Å²) in [5.41, 5.74) is -0.471. The van der Waals surface area contributed by atoms with E-state index in [2.05, 4.69) is 38.2 Å². The predicted octanol–water partition coefficient (Wildman–Crippen LogP) is 3.09. The monoisotopic (exact) mass is 269 g/mol. The number of carbonyl (C=O) groups is 1. The van der Waals surface area contributed by atoms with Crippen molar-refractivity contribution in [3.63, 3.8) is 0 Å². The fraction of sp³-hybridized carbons (Fsp3) is 0.643. The van der Waals surface area contributed by atoms with Crippen LogP contribution in [-0.4, -0.2) is 18.6 Å². The van der Waals surface area contributed by atoms with Crippen LogP contribution in [0.2, 0.25) is 0 Å². The molecule has 3 nitrogen and oxygen atoms in total. The highest BCUT2D eigenvalue weighted by molar-refractivity contribution is 7.12. The van der Waals surface area contributed by atoms with E-state index in [0.29, 0.717) is 6.54 Å². The second-order valence-electron chi connectivity index (χ2n) is 5.99. The number of thiophene rings is 1. The van der Waals surface area contributed by atoms with Gasteiger partial charge in [-0.25, -0.2) is 0 Å². The van der Waals surface area contributed by atoms with Gasteiger partial charge in [0.05, 0.1) is 7.11 Å². The van der Waals surface area contributed by atoms with Crippen LogP contribution < -0.4 is 5.32 Å². The van der Waals surface area contributed by atoms with Gasteiger partial charge in [-0.3, -0.25) is 10.1 Å². The fourth-order valence-electron chi connectivity index (χ4n) is 1.51. The number of hydrogen-bond acceptors (Lipinski definition) is 4. The molecule has 0 saturated heterocycles. The van der Waals surface area contributed by atoms with Crippen molar-refractivity contribution >= 4 is 17.3 Å². The summed E-state index contributed by atoms with van der Waals surface area (Å²) >= 11 is 1.79. The molecule has 0 radical (unpaired) electrons. The summed E-state index contributed by atoms with van der Waals surface area (Å²) < 4.78 is 4.76. The molecule has 0 fully saturated rings. The quantitative estimate of drug-likeness (QED) is 0.854. The molecule has 1 aromatic heterocycles. The summed E-state index contributed by atoms with van der Waals surface area (Å²) in [7, 11) is 1.41. The Kier molecular flexibility index (Phi) is 4.56. The van der Waals surface area contributed by atoms with Crippen molar-refractivity contribution in [2.24, 2.45) is 0 Å². The van der Waals surface area contributed by atoms with Crippen molar-refractivity contribution in [3.8, 4) is 0 Å². The van der Waals surface area contributed by atoms with Crippen molar-refractivity contribution in [3.05, 3.63) is 21.9 Å². The summed E-state index contributed by atoms with van der Waals surface area (Å²) in [6.07, 6.45) is 0. The second-order valence-corrected chi connectivity index (χ2v) is 7.15. The van der Waals surface area contributed by atoms with Crippen molar-refractivity contribution in [2.75, 3.05) is 7.11 Å². The molecule has 0 bridgehead atoms. The summed E-state index contributed by atoms with van der Waals surface area (Å²) in [6, 6.07) is 4.28. The number of methoxy groups -OCH3 is 1. The molecule has 0 aliphatic rings. The molecule has 1 N–H and O–H groups in total. The van der Waals surface area contributed by atoms with Gasteiger partial charge in [-0.05, 0) is 31.4 Å². The van der Waals surface area contributed by atoms with Gasteiger partial charge in [0, 0.05) is 16.3 Å². The Hall–Kier alpha value is -0.870. The molecule has 4 heteroatoms. The maximum atomic E-state index is 11.5. The lowest BCUT2D eigenvalue weighted by Crippen LogP contribution is -2.46. The van der Waals surface area contributed by atoms with E-state index >= 15 is 0 Å². The average Bonchev–Trinajstić information content (AvgIpc) is 2.73. The van der Waals surface area contributed by atoms with E-state index in [0.717, 1.165) is 0 Å². The number of esters is 1. The van der Waals surface area contributed by atoms with Gasteiger partial charge in [0.2, 0.25) is 0 Å². The van der Waals surface area contributed by atoms with Crippen LogP contribution >= 0.6 is 11.3 Å². The van der Waals surface area contributed by atoms with E-state index in [1.165, 1.54) is 16.9 Å². The number of rotatable bonds is 4. The van der Waals surface area contributed by atoms with E-state index < -0.39 is 5.54 Å². The third kappa shape index (κ3) is 3.82. The van der Waals surface area contributed by atoms with Crippen molar-refractivity contribution < 1.29 is 9.53 Å². The Morgan fingerprint density at radius 2 is 1.89 bits per heavy atom. The lowest BCUT2D eigenvalue weighted by molar-refractivity contribution is -0.147. The molecule has 1 rings (SSSR count). The molecule has 0 aliphatic carbocycles. The first kappa shape index (κ1) is 15.2. The molecular formula is C14H23NO2S. The van der Waals surface area contributed by atoms with Gasteiger partial charge in [-0.15, -0.1) is 11.3 Å². The van der Waals surface area contributed by atoms with Crippen LogP contribution in [0.1, 0.15) is 44.4 Å². The molecule has 0 unspecified atom stereocenters. The maximum absolute atomic E-state index is 11.5. The first-order chi connectivity index (χ1) is 8.16. The van der Waals surface area contributed by atoms with E-state index in [-0.39, 0.29) is 11.4 Å². The molecule has 0 aliphatic heterocycles. The maximum Gasteiger partial charge on any atom is 0.325 e. The van der Waals surface area contributed by atoms with Crippen LogP contribution in [0.15, 0.2) is 12.1 Å². The minimum absolute atomic E-state index is 0.181. The highest BCUT2D eigenvalue weighted by Gasteiger charge is 2.28. The Morgan fingerprint density at radius 1 is 1.28 bits per heavy atom. The molecule has 0 amide bonds. The van der Waals surface area contributed by atoms with E-state index in [1.54, 1.807) is 11.3 Å². The SMILES string of the molecule is COC(=O)C(C)(C)NCc1ccc(C(C)(C)C)s1. The largest absolute Gasteiger partial charge is 0.468 e. The molecule has 1 aromatic rings. The molecule has 0 spiro atoms. The lowest BCUT2D eigenvalue weighted by atomic mass is 9.95. The molecule has 0 atom stereocenters. The minimum atomic E-state index is -0.652. The van der Waals surface area contributed by atoms with Crippen LogP contribution in [0, 0.1) is 0 Å². The van der Waals surface area contributed by atoms with Crippen LogP contribution in [0.3, 0.4) is 0 Å². The van der Waals surface area contributed by atoms with E-state index in [1.807, 2.05) is 13.8 Å². The smallest absolute Gasteiger partial charge is 0.325 e. The van der Waals surface area contributed by atoms with Gasteiger partial charge in [-0.2, -0.15) is 0 Å². The third-order valence-electron chi connectivity index (χ3n) is 2.80. The normalized spacial score (nSPS) is 12.6. The molecule has 102 valence electrons. The highest BCUT2D eigenvalue weighted by Crippen LogP contribution is 2.29. The highest BCUT2D eigenvalue weighted by atomic mass is 32.1. The van der Waals surface area contributed by atoms with Crippen molar-refractivity contribution in [2.45, 2.75) is 52.1 Å². The van der Waals surface area contributed by atoms with Crippen LogP contribution in [-0.2, 0) is 21.5 Å². The van der Waals surface area contributed by atoms with Crippen LogP contribution in [0.4, 0.5) is 0 Å². The number of nitrogens with one attached hydrogen (secondary N) is 1. The summed E-state index contributed by atoms with van der Waals surface area (Å²) in [5.74, 6) is -0.241. The molecule has 0 saturated carbocycles. The van der Waals surface area contributed by atoms with Gasteiger partial charge >= 0.3 is 5.97 Å². The van der Waals surface area contributed by atoms with Crippen LogP contribution in [0.5, 0.6) is 0 Å². The Labute approximate surface area is 114 Å². The average molecular weight is 269 g/mol. The summed E-state index contributed by atoms with van der Waals surface area (Å²) in [6.45, 7) is 11.0. The van der Waals surface area contributed by atoms with Crippen molar-refractivity contribution in [1.82, 2.24) is 5.32 Å². The number of ether oxygens (including phenoxy) is 1.